The van der Waals surface area contributed by atoms with Crippen LogP contribution in [-0.4, -0.2) is 71.5 Å². The summed E-state index contributed by atoms with van der Waals surface area (Å²) >= 11 is 0. The van der Waals surface area contributed by atoms with E-state index in [0.717, 1.165) is 4.90 Å². The van der Waals surface area contributed by atoms with Gasteiger partial charge in [0.25, 0.3) is 0 Å². The van der Waals surface area contributed by atoms with Gasteiger partial charge < -0.3 is 19.6 Å². The molecule has 0 aromatic rings. The number of hydrogen-bond donors (Lipinski definition) is 1. The lowest BCUT2D eigenvalue weighted by Crippen LogP contribution is -2.58. The zero-order valence-corrected chi connectivity index (χ0v) is 11.2. The topological polar surface area (TPSA) is 70.1 Å². The molecule has 116 valence electrons. The molecular formula is C11H17F3N2O4. The molecule has 0 aliphatic carbocycles. The van der Waals surface area contributed by atoms with Gasteiger partial charge in [-0.2, -0.15) is 13.2 Å². The molecule has 0 saturated carbocycles. The van der Waals surface area contributed by atoms with E-state index in [1.807, 2.05) is 0 Å². The van der Waals surface area contributed by atoms with Crippen LogP contribution in [0.1, 0.15) is 13.8 Å². The van der Waals surface area contributed by atoms with Crippen LogP contribution in [0.15, 0.2) is 0 Å². The summed E-state index contributed by atoms with van der Waals surface area (Å²) in [5.41, 5.74) is 0. The van der Waals surface area contributed by atoms with Crippen molar-refractivity contribution in [3.05, 3.63) is 0 Å². The summed E-state index contributed by atoms with van der Waals surface area (Å²) in [7, 11) is 0. The van der Waals surface area contributed by atoms with E-state index in [-0.39, 0.29) is 19.8 Å². The van der Waals surface area contributed by atoms with E-state index >= 15 is 0 Å². The fraction of sp³-hybridized carbons (Fsp3) is 0.818. The zero-order chi connectivity index (χ0) is 15.5. The molecular weight excluding hydrogens is 281 g/mol. The number of halogens is 3. The van der Waals surface area contributed by atoms with Crippen LogP contribution in [-0.2, 0) is 9.53 Å². The first-order valence-electron chi connectivity index (χ1n) is 6.08. The van der Waals surface area contributed by atoms with Crippen molar-refractivity contribution in [1.82, 2.24) is 9.80 Å². The number of urea groups is 1. The third-order valence-corrected chi connectivity index (χ3v) is 2.88. The van der Waals surface area contributed by atoms with Crippen LogP contribution in [0.5, 0.6) is 0 Å². The highest BCUT2D eigenvalue weighted by atomic mass is 19.4. The second-order valence-corrected chi connectivity index (χ2v) is 4.74. The smallest absolute Gasteiger partial charge is 0.406 e. The van der Waals surface area contributed by atoms with Gasteiger partial charge in [-0.25, -0.2) is 9.59 Å². The molecule has 1 atom stereocenters. The minimum atomic E-state index is -4.54. The normalized spacial score (nSPS) is 20.1. The van der Waals surface area contributed by atoms with Crippen molar-refractivity contribution in [1.29, 1.82) is 0 Å². The van der Waals surface area contributed by atoms with Crippen molar-refractivity contribution < 1.29 is 32.6 Å². The van der Waals surface area contributed by atoms with Crippen LogP contribution < -0.4 is 0 Å². The molecule has 20 heavy (non-hydrogen) atoms. The summed E-state index contributed by atoms with van der Waals surface area (Å²) < 4.78 is 42.4. The van der Waals surface area contributed by atoms with Gasteiger partial charge in [-0.3, -0.25) is 0 Å². The van der Waals surface area contributed by atoms with Gasteiger partial charge in [0.15, 0.2) is 6.04 Å². The highest BCUT2D eigenvalue weighted by molar-refractivity contribution is 5.83. The number of ether oxygens (including phenoxy) is 1. The summed E-state index contributed by atoms with van der Waals surface area (Å²) in [4.78, 5) is 24.7. The Bertz CT molecular complexity index is 373. The van der Waals surface area contributed by atoms with Gasteiger partial charge in [-0.15, -0.1) is 0 Å². The second-order valence-electron chi connectivity index (χ2n) is 4.74. The maximum absolute atomic E-state index is 12.5. The Morgan fingerprint density at radius 2 is 2.05 bits per heavy atom. The lowest BCUT2D eigenvalue weighted by Gasteiger charge is -2.38. The summed E-state index contributed by atoms with van der Waals surface area (Å²) in [6, 6.07) is -2.89. The molecule has 0 aromatic carbocycles. The van der Waals surface area contributed by atoms with Crippen LogP contribution in [0.4, 0.5) is 18.0 Å². The molecule has 6 nitrogen and oxygen atoms in total. The number of carbonyl (C=O) groups excluding carboxylic acids is 1. The number of carboxylic acid groups (broad SMARTS) is 1. The standard InChI is InChI=1S/C11H17F3N2O4/c1-7(2)16(6-11(12,13)14)10(19)15-3-4-20-5-8(15)9(17)18/h7-8H,3-6H2,1-2H3,(H,17,18). The molecule has 1 aliphatic heterocycles. The fourth-order valence-corrected chi connectivity index (χ4v) is 1.87. The van der Waals surface area contributed by atoms with Crippen LogP contribution in [0.2, 0.25) is 0 Å². The number of carboxylic acids is 1. The molecule has 9 heteroatoms. The van der Waals surface area contributed by atoms with Gasteiger partial charge in [0, 0.05) is 12.6 Å². The van der Waals surface area contributed by atoms with Crippen molar-refractivity contribution in [3.63, 3.8) is 0 Å². The number of rotatable bonds is 3. The number of hydrogen-bond acceptors (Lipinski definition) is 3. The first-order chi connectivity index (χ1) is 9.13. The Labute approximate surface area is 114 Å². The zero-order valence-electron chi connectivity index (χ0n) is 11.2. The third-order valence-electron chi connectivity index (χ3n) is 2.88. The van der Waals surface area contributed by atoms with Crippen LogP contribution in [0.3, 0.4) is 0 Å². The molecule has 0 bridgehead atoms. The first-order valence-corrected chi connectivity index (χ1v) is 6.08. The quantitative estimate of drug-likeness (QED) is 0.849. The predicted molar refractivity (Wildman–Crippen MR) is 62.2 cm³/mol. The summed E-state index contributed by atoms with van der Waals surface area (Å²) in [5, 5.41) is 9.00. The van der Waals surface area contributed by atoms with Crippen molar-refractivity contribution >= 4 is 12.0 Å². The lowest BCUT2D eigenvalue weighted by molar-refractivity contribution is -0.151. The Morgan fingerprint density at radius 1 is 1.45 bits per heavy atom. The minimum absolute atomic E-state index is 0.0448. The highest BCUT2D eigenvalue weighted by Gasteiger charge is 2.40. The molecule has 0 spiro atoms. The largest absolute Gasteiger partial charge is 0.480 e. The second kappa shape index (κ2) is 6.29. The number of carbonyl (C=O) groups is 2. The molecule has 1 rings (SSSR count). The van der Waals surface area contributed by atoms with Crippen molar-refractivity contribution in [2.45, 2.75) is 32.1 Å². The van der Waals surface area contributed by atoms with Crippen molar-refractivity contribution in [3.8, 4) is 0 Å². The highest BCUT2D eigenvalue weighted by Crippen LogP contribution is 2.20. The molecule has 1 heterocycles. The number of morpholine rings is 1. The fourth-order valence-electron chi connectivity index (χ4n) is 1.87. The van der Waals surface area contributed by atoms with Gasteiger partial charge >= 0.3 is 18.2 Å². The third kappa shape index (κ3) is 4.26. The summed E-state index contributed by atoms with van der Waals surface area (Å²) in [6.45, 7) is 1.32. The molecule has 1 aliphatic rings. The Balaban J connectivity index is 2.89. The van der Waals surface area contributed by atoms with Gasteiger partial charge in [0.2, 0.25) is 0 Å². The molecule has 1 saturated heterocycles. The van der Waals surface area contributed by atoms with E-state index in [0.29, 0.717) is 4.90 Å². The molecule has 0 radical (unpaired) electrons. The molecule has 2 amide bonds. The van der Waals surface area contributed by atoms with E-state index in [1.54, 1.807) is 0 Å². The SMILES string of the molecule is CC(C)N(CC(F)(F)F)C(=O)N1CCOCC1C(=O)O. The molecule has 0 aromatic heterocycles. The Hall–Kier alpha value is -1.51. The Kier molecular flexibility index (Phi) is 5.21. The Morgan fingerprint density at radius 3 is 2.50 bits per heavy atom. The van der Waals surface area contributed by atoms with Crippen LogP contribution in [0.25, 0.3) is 0 Å². The van der Waals surface area contributed by atoms with E-state index in [4.69, 9.17) is 9.84 Å². The van der Waals surface area contributed by atoms with Gasteiger partial charge in [-0.05, 0) is 13.8 Å². The number of alkyl halides is 3. The first kappa shape index (κ1) is 16.5. The molecule has 1 fully saturated rings. The van der Waals surface area contributed by atoms with Gasteiger partial charge in [0.05, 0.1) is 13.2 Å². The van der Waals surface area contributed by atoms with E-state index < -0.39 is 36.8 Å². The van der Waals surface area contributed by atoms with Crippen molar-refractivity contribution in [2.75, 3.05) is 26.3 Å². The van der Waals surface area contributed by atoms with Gasteiger partial charge in [0.1, 0.15) is 6.54 Å². The van der Waals surface area contributed by atoms with Crippen LogP contribution in [0, 0.1) is 0 Å². The average molecular weight is 298 g/mol. The summed E-state index contributed by atoms with van der Waals surface area (Å²) in [5.74, 6) is -1.30. The monoisotopic (exact) mass is 298 g/mol. The minimum Gasteiger partial charge on any atom is -0.480 e. The maximum Gasteiger partial charge on any atom is 0.406 e. The van der Waals surface area contributed by atoms with E-state index in [9.17, 15) is 22.8 Å². The summed E-state index contributed by atoms with van der Waals surface area (Å²) in [6.07, 6.45) is -4.54. The van der Waals surface area contributed by atoms with E-state index in [1.165, 1.54) is 13.8 Å². The maximum atomic E-state index is 12.5. The molecule has 1 N–H and O–H groups in total. The predicted octanol–water partition coefficient (Wildman–Crippen LogP) is 1.16. The number of nitrogens with zero attached hydrogens (tertiary/aromatic N) is 2. The van der Waals surface area contributed by atoms with Crippen LogP contribution >= 0.6 is 0 Å². The molecule has 1 unspecified atom stereocenters. The van der Waals surface area contributed by atoms with Gasteiger partial charge in [-0.1, -0.05) is 0 Å². The average Bonchev–Trinajstić information content (AvgIpc) is 2.33. The lowest BCUT2D eigenvalue weighted by atomic mass is 10.2. The number of amides is 2. The van der Waals surface area contributed by atoms with Crippen molar-refractivity contribution in [2.24, 2.45) is 0 Å². The van der Waals surface area contributed by atoms with E-state index in [2.05, 4.69) is 0 Å². The number of aliphatic carboxylic acids is 1.